The molecule has 1 aliphatic rings. The summed E-state index contributed by atoms with van der Waals surface area (Å²) < 4.78 is 32.2. The average Bonchev–Trinajstić information content (AvgIpc) is 2.37. The van der Waals surface area contributed by atoms with Gasteiger partial charge in [0.25, 0.3) is 0 Å². The fourth-order valence-corrected chi connectivity index (χ4v) is 2.58. The van der Waals surface area contributed by atoms with E-state index in [0.29, 0.717) is 26.2 Å². The van der Waals surface area contributed by atoms with Gasteiger partial charge in [0.1, 0.15) is 11.6 Å². The van der Waals surface area contributed by atoms with Gasteiger partial charge < -0.3 is 14.7 Å². The number of benzene rings is 1. The fraction of sp³-hybridized carbons (Fsp3) is 0.600. The van der Waals surface area contributed by atoms with Gasteiger partial charge in [-0.2, -0.15) is 0 Å². The standard InChI is InChI=1S/C15H22F2N2O2/c1-18(2)8-12-9-19(5-6-21-12)10-15(20)13-4-3-11(16)7-14(13)17/h3-4,7,12,15,20H,5-6,8-10H2,1-2H3/t12-,15+/m1/s1. The Labute approximate surface area is 123 Å². The molecule has 0 amide bonds. The van der Waals surface area contributed by atoms with Crippen LogP contribution in [-0.2, 0) is 4.74 Å². The summed E-state index contributed by atoms with van der Waals surface area (Å²) in [5, 5.41) is 10.2. The highest BCUT2D eigenvalue weighted by atomic mass is 19.1. The molecular weight excluding hydrogens is 278 g/mol. The molecule has 2 atom stereocenters. The van der Waals surface area contributed by atoms with E-state index in [0.717, 1.165) is 18.7 Å². The number of morpholine rings is 1. The van der Waals surface area contributed by atoms with Crippen molar-refractivity contribution >= 4 is 0 Å². The van der Waals surface area contributed by atoms with Crippen LogP contribution in [0.5, 0.6) is 0 Å². The van der Waals surface area contributed by atoms with Crippen LogP contribution >= 0.6 is 0 Å². The van der Waals surface area contributed by atoms with Gasteiger partial charge >= 0.3 is 0 Å². The fourth-order valence-electron chi connectivity index (χ4n) is 2.58. The van der Waals surface area contributed by atoms with Gasteiger partial charge in [0.05, 0.1) is 18.8 Å². The van der Waals surface area contributed by atoms with Crippen molar-refractivity contribution in [3.63, 3.8) is 0 Å². The monoisotopic (exact) mass is 300 g/mol. The predicted molar refractivity (Wildman–Crippen MR) is 76.1 cm³/mol. The minimum absolute atomic E-state index is 0.0824. The molecule has 0 saturated carbocycles. The summed E-state index contributed by atoms with van der Waals surface area (Å²) >= 11 is 0. The SMILES string of the molecule is CN(C)C[C@@H]1CN(C[C@H](O)c2ccc(F)cc2F)CCO1. The number of likely N-dealkylation sites (N-methyl/N-ethyl adjacent to an activating group) is 1. The highest BCUT2D eigenvalue weighted by Crippen LogP contribution is 2.20. The summed E-state index contributed by atoms with van der Waals surface area (Å²) in [4.78, 5) is 4.09. The molecule has 0 bridgehead atoms. The quantitative estimate of drug-likeness (QED) is 0.888. The van der Waals surface area contributed by atoms with Crippen molar-refractivity contribution in [2.75, 3.05) is 46.9 Å². The zero-order valence-electron chi connectivity index (χ0n) is 12.4. The van der Waals surface area contributed by atoms with E-state index in [4.69, 9.17) is 4.74 Å². The Morgan fingerprint density at radius 3 is 2.86 bits per heavy atom. The van der Waals surface area contributed by atoms with E-state index >= 15 is 0 Å². The van der Waals surface area contributed by atoms with Gasteiger partial charge in [-0.25, -0.2) is 8.78 Å². The summed E-state index contributed by atoms with van der Waals surface area (Å²) in [5.74, 6) is -1.35. The molecule has 0 spiro atoms. The van der Waals surface area contributed by atoms with E-state index < -0.39 is 17.7 Å². The molecule has 1 aliphatic heterocycles. The van der Waals surface area contributed by atoms with E-state index in [2.05, 4.69) is 0 Å². The van der Waals surface area contributed by atoms with Crippen molar-refractivity contribution in [3.8, 4) is 0 Å². The number of aliphatic hydroxyl groups is 1. The van der Waals surface area contributed by atoms with Gasteiger partial charge in [0, 0.05) is 37.8 Å². The molecule has 118 valence electrons. The highest BCUT2D eigenvalue weighted by Gasteiger charge is 2.24. The molecule has 2 rings (SSSR count). The lowest BCUT2D eigenvalue weighted by molar-refractivity contribution is -0.0491. The van der Waals surface area contributed by atoms with Crippen molar-refractivity contribution in [2.45, 2.75) is 12.2 Å². The van der Waals surface area contributed by atoms with Crippen LogP contribution in [-0.4, -0.2) is 67.9 Å². The Morgan fingerprint density at radius 1 is 1.43 bits per heavy atom. The van der Waals surface area contributed by atoms with Gasteiger partial charge in [-0.05, 0) is 20.2 Å². The molecule has 1 aromatic rings. The lowest BCUT2D eigenvalue weighted by Crippen LogP contribution is -2.47. The van der Waals surface area contributed by atoms with E-state index in [9.17, 15) is 13.9 Å². The lowest BCUT2D eigenvalue weighted by atomic mass is 10.1. The highest BCUT2D eigenvalue weighted by molar-refractivity contribution is 5.21. The predicted octanol–water partition coefficient (Wildman–Crippen LogP) is 1.26. The number of β-amino-alcohol motifs (C(OH)–C–C–N with tert-alkyl or cyclic N) is 1. The maximum absolute atomic E-state index is 13.7. The number of nitrogens with zero attached hydrogens (tertiary/aromatic N) is 2. The molecule has 1 saturated heterocycles. The van der Waals surface area contributed by atoms with Gasteiger partial charge in [0.2, 0.25) is 0 Å². The Morgan fingerprint density at radius 2 is 2.19 bits per heavy atom. The zero-order chi connectivity index (χ0) is 15.4. The second kappa shape index (κ2) is 7.26. The summed E-state index contributed by atoms with van der Waals surface area (Å²) in [5.41, 5.74) is 0.132. The Hall–Kier alpha value is -1.08. The summed E-state index contributed by atoms with van der Waals surface area (Å²) in [6.45, 7) is 3.10. The summed E-state index contributed by atoms with van der Waals surface area (Å²) in [6, 6.07) is 3.26. The average molecular weight is 300 g/mol. The van der Waals surface area contributed by atoms with E-state index in [1.165, 1.54) is 6.07 Å². The van der Waals surface area contributed by atoms with Gasteiger partial charge in [-0.15, -0.1) is 0 Å². The van der Waals surface area contributed by atoms with Crippen LogP contribution in [0.2, 0.25) is 0 Å². The van der Waals surface area contributed by atoms with Crippen molar-refractivity contribution < 1.29 is 18.6 Å². The molecule has 0 radical (unpaired) electrons. The molecule has 6 heteroatoms. The van der Waals surface area contributed by atoms with E-state index in [1.54, 1.807) is 0 Å². The van der Waals surface area contributed by atoms with Crippen molar-refractivity contribution in [1.82, 2.24) is 9.80 Å². The van der Waals surface area contributed by atoms with Crippen LogP contribution < -0.4 is 0 Å². The number of hydrogen-bond acceptors (Lipinski definition) is 4. The number of rotatable bonds is 5. The third-order valence-corrected chi connectivity index (χ3v) is 3.54. The maximum atomic E-state index is 13.7. The first-order chi connectivity index (χ1) is 9.95. The molecule has 1 N–H and O–H groups in total. The molecular formula is C15H22F2N2O2. The number of aliphatic hydroxyl groups excluding tert-OH is 1. The van der Waals surface area contributed by atoms with Gasteiger partial charge in [-0.3, -0.25) is 4.90 Å². The van der Waals surface area contributed by atoms with E-state index in [1.807, 2.05) is 23.9 Å². The molecule has 1 aromatic carbocycles. The van der Waals surface area contributed by atoms with Gasteiger partial charge in [-0.1, -0.05) is 6.07 Å². The normalized spacial score (nSPS) is 21.7. The van der Waals surface area contributed by atoms with Crippen LogP contribution in [0.4, 0.5) is 8.78 Å². The van der Waals surface area contributed by atoms with Crippen LogP contribution in [0.1, 0.15) is 11.7 Å². The molecule has 21 heavy (non-hydrogen) atoms. The minimum Gasteiger partial charge on any atom is -0.387 e. The Bertz CT molecular complexity index is 471. The van der Waals surface area contributed by atoms with Crippen LogP contribution in [0.15, 0.2) is 18.2 Å². The third kappa shape index (κ3) is 4.71. The Balaban J connectivity index is 1.94. The van der Waals surface area contributed by atoms with Crippen molar-refractivity contribution in [3.05, 3.63) is 35.4 Å². The van der Waals surface area contributed by atoms with Crippen LogP contribution in [0.25, 0.3) is 0 Å². The third-order valence-electron chi connectivity index (χ3n) is 3.54. The number of ether oxygens (including phenoxy) is 1. The maximum Gasteiger partial charge on any atom is 0.131 e. The molecule has 1 fully saturated rings. The van der Waals surface area contributed by atoms with Crippen LogP contribution in [0.3, 0.4) is 0 Å². The van der Waals surface area contributed by atoms with Crippen LogP contribution in [0, 0.1) is 11.6 Å². The first kappa shape index (κ1) is 16.3. The summed E-state index contributed by atoms with van der Waals surface area (Å²) in [6.07, 6.45) is -0.886. The van der Waals surface area contributed by atoms with Crippen molar-refractivity contribution in [1.29, 1.82) is 0 Å². The summed E-state index contributed by atoms with van der Waals surface area (Å²) in [7, 11) is 3.95. The molecule has 4 nitrogen and oxygen atoms in total. The Kier molecular flexibility index (Phi) is 5.64. The first-order valence-corrected chi connectivity index (χ1v) is 7.07. The second-order valence-electron chi connectivity index (χ2n) is 5.70. The number of hydrogen-bond donors (Lipinski definition) is 1. The zero-order valence-corrected chi connectivity index (χ0v) is 12.4. The van der Waals surface area contributed by atoms with Crippen molar-refractivity contribution in [2.24, 2.45) is 0 Å². The molecule has 1 heterocycles. The topological polar surface area (TPSA) is 35.9 Å². The largest absolute Gasteiger partial charge is 0.387 e. The minimum atomic E-state index is -0.969. The first-order valence-electron chi connectivity index (χ1n) is 7.07. The second-order valence-corrected chi connectivity index (χ2v) is 5.70. The van der Waals surface area contributed by atoms with Gasteiger partial charge in [0.15, 0.2) is 0 Å². The lowest BCUT2D eigenvalue weighted by Gasteiger charge is -2.35. The number of halogens is 2. The molecule has 0 aromatic heterocycles. The smallest absolute Gasteiger partial charge is 0.131 e. The molecule has 0 unspecified atom stereocenters. The molecule has 0 aliphatic carbocycles. The van der Waals surface area contributed by atoms with E-state index in [-0.39, 0.29) is 11.7 Å².